The Morgan fingerprint density at radius 3 is 3.00 bits per heavy atom. The van der Waals surface area contributed by atoms with E-state index in [9.17, 15) is 9.59 Å². The topological polar surface area (TPSA) is 87.9 Å². The number of aromatic nitrogens is 2. The van der Waals surface area contributed by atoms with Gasteiger partial charge in [0.1, 0.15) is 11.6 Å². The minimum absolute atomic E-state index is 0.0482. The summed E-state index contributed by atoms with van der Waals surface area (Å²) < 4.78 is 7.22. The SMILES string of the molecule is N#Cc1cc2c(=O)n(CC3CCCCO3)ccc2[nH]c1=O. The zero-order chi connectivity index (χ0) is 14.8. The minimum atomic E-state index is -0.474. The Kier molecular flexibility index (Phi) is 3.59. The molecule has 0 aromatic carbocycles. The summed E-state index contributed by atoms with van der Waals surface area (Å²) in [5.74, 6) is 0. The third-order valence-corrected chi connectivity index (χ3v) is 3.78. The van der Waals surface area contributed by atoms with E-state index in [0.717, 1.165) is 25.9 Å². The van der Waals surface area contributed by atoms with E-state index in [0.29, 0.717) is 17.4 Å². The van der Waals surface area contributed by atoms with E-state index < -0.39 is 5.56 Å². The first-order valence-corrected chi connectivity index (χ1v) is 6.97. The molecule has 21 heavy (non-hydrogen) atoms. The van der Waals surface area contributed by atoms with Crippen molar-refractivity contribution in [3.63, 3.8) is 0 Å². The highest BCUT2D eigenvalue weighted by Crippen LogP contribution is 2.14. The van der Waals surface area contributed by atoms with Crippen molar-refractivity contribution >= 4 is 10.9 Å². The molecule has 2 aromatic heterocycles. The van der Waals surface area contributed by atoms with Gasteiger partial charge in [0.25, 0.3) is 11.1 Å². The third kappa shape index (κ3) is 2.60. The zero-order valence-electron chi connectivity index (χ0n) is 11.5. The smallest absolute Gasteiger partial charge is 0.266 e. The van der Waals surface area contributed by atoms with Crippen LogP contribution in [0.1, 0.15) is 24.8 Å². The van der Waals surface area contributed by atoms with E-state index in [1.165, 1.54) is 6.07 Å². The van der Waals surface area contributed by atoms with Gasteiger partial charge in [-0.1, -0.05) is 0 Å². The monoisotopic (exact) mass is 285 g/mol. The highest BCUT2D eigenvalue weighted by atomic mass is 16.5. The van der Waals surface area contributed by atoms with Crippen molar-refractivity contribution in [1.82, 2.24) is 9.55 Å². The number of nitrogens with zero attached hydrogens (tertiary/aromatic N) is 2. The molecular weight excluding hydrogens is 270 g/mol. The lowest BCUT2D eigenvalue weighted by atomic mass is 10.1. The van der Waals surface area contributed by atoms with Crippen LogP contribution >= 0.6 is 0 Å². The van der Waals surface area contributed by atoms with Gasteiger partial charge in [0.2, 0.25) is 0 Å². The Morgan fingerprint density at radius 2 is 2.29 bits per heavy atom. The Balaban J connectivity index is 2.03. The molecule has 0 spiro atoms. The number of hydrogen-bond acceptors (Lipinski definition) is 4. The predicted molar refractivity (Wildman–Crippen MR) is 77.1 cm³/mol. The number of H-pyrrole nitrogens is 1. The molecule has 1 fully saturated rings. The largest absolute Gasteiger partial charge is 0.376 e. The minimum Gasteiger partial charge on any atom is -0.376 e. The highest BCUT2D eigenvalue weighted by molar-refractivity contribution is 5.78. The molecule has 108 valence electrons. The van der Waals surface area contributed by atoms with Gasteiger partial charge in [-0.2, -0.15) is 5.26 Å². The molecule has 1 unspecified atom stereocenters. The number of rotatable bonds is 2. The fourth-order valence-corrected chi connectivity index (χ4v) is 2.64. The molecule has 0 aliphatic carbocycles. The van der Waals surface area contributed by atoms with E-state index in [1.54, 1.807) is 22.9 Å². The van der Waals surface area contributed by atoms with Gasteiger partial charge in [-0.25, -0.2) is 0 Å². The predicted octanol–water partition coefficient (Wildman–Crippen LogP) is 1.13. The number of pyridine rings is 2. The van der Waals surface area contributed by atoms with Gasteiger partial charge in [-0.05, 0) is 31.4 Å². The van der Waals surface area contributed by atoms with E-state index in [1.807, 2.05) is 0 Å². The van der Waals surface area contributed by atoms with E-state index in [4.69, 9.17) is 10.00 Å². The van der Waals surface area contributed by atoms with E-state index in [-0.39, 0.29) is 17.2 Å². The Bertz CT molecular complexity index is 823. The molecule has 3 heterocycles. The van der Waals surface area contributed by atoms with Crippen LogP contribution in [0, 0.1) is 11.3 Å². The maximum atomic E-state index is 12.5. The first-order valence-electron chi connectivity index (χ1n) is 6.97. The molecule has 3 rings (SSSR count). The second-order valence-electron chi connectivity index (χ2n) is 5.21. The quantitative estimate of drug-likeness (QED) is 0.896. The first-order chi connectivity index (χ1) is 10.2. The summed E-state index contributed by atoms with van der Waals surface area (Å²) in [6.07, 6.45) is 4.82. The summed E-state index contributed by atoms with van der Waals surface area (Å²) in [6, 6.07) is 4.84. The first kappa shape index (κ1) is 13.6. The summed E-state index contributed by atoms with van der Waals surface area (Å²) in [4.78, 5) is 26.6. The molecule has 0 amide bonds. The lowest BCUT2D eigenvalue weighted by Gasteiger charge is -2.23. The van der Waals surface area contributed by atoms with Gasteiger partial charge in [0, 0.05) is 12.8 Å². The molecule has 6 heteroatoms. The van der Waals surface area contributed by atoms with Crippen molar-refractivity contribution in [2.75, 3.05) is 6.61 Å². The van der Waals surface area contributed by atoms with Crippen LogP contribution in [0.4, 0.5) is 0 Å². The lowest BCUT2D eigenvalue weighted by Crippen LogP contribution is -2.30. The van der Waals surface area contributed by atoms with E-state index in [2.05, 4.69) is 4.98 Å². The van der Waals surface area contributed by atoms with E-state index >= 15 is 0 Å². The van der Waals surface area contributed by atoms with Crippen LogP contribution in [-0.4, -0.2) is 22.3 Å². The molecule has 1 aliphatic rings. The lowest BCUT2D eigenvalue weighted by molar-refractivity contribution is 0.00551. The molecule has 0 bridgehead atoms. The molecular formula is C15H15N3O3. The molecule has 1 N–H and O–H groups in total. The van der Waals surface area contributed by atoms with Crippen molar-refractivity contribution < 1.29 is 4.74 Å². The average Bonchev–Trinajstić information content (AvgIpc) is 2.51. The Hall–Kier alpha value is -2.39. The average molecular weight is 285 g/mol. The summed E-state index contributed by atoms with van der Waals surface area (Å²) >= 11 is 0. The number of hydrogen-bond donors (Lipinski definition) is 1. The number of fused-ring (bicyclic) bond motifs is 1. The van der Waals surface area contributed by atoms with Crippen molar-refractivity contribution in [2.45, 2.75) is 31.9 Å². The van der Waals surface area contributed by atoms with Crippen LogP contribution in [-0.2, 0) is 11.3 Å². The summed E-state index contributed by atoms with van der Waals surface area (Å²) in [5, 5.41) is 9.25. The Labute approximate surface area is 120 Å². The van der Waals surface area contributed by atoms with Crippen molar-refractivity contribution in [3.05, 3.63) is 44.6 Å². The normalized spacial score (nSPS) is 18.5. The number of aromatic amines is 1. The molecule has 6 nitrogen and oxygen atoms in total. The highest BCUT2D eigenvalue weighted by Gasteiger charge is 2.16. The third-order valence-electron chi connectivity index (χ3n) is 3.78. The van der Waals surface area contributed by atoms with Gasteiger partial charge in [-0.3, -0.25) is 9.59 Å². The van der Waals surface area contributed by atoms with Crippen LogP contribution in [0.3, 0.4) is 0 Å². The van der Waals surface area contributed by atoms with Crippen LogP contribution in [0.2, 0.25) is 0 Å². The van der Waals surface area contributed by atoms with Crippen molar-refractivity contribution in [2.24, 2.45) is 0 Å². The molecule has 2 aromatic rings. The molecule has 0 radical (unpaired) electrons. The van der Waals surface area contributed by atoms with Crippen molar-refractivity contribution in [1.29, 1.82) is 5.26 Å². The molecule has 1 saturated heterocycles. The van der Waals surface area contributed by atoms with Crippen LogP contribution in [0.15, 0.2) is 27.9 Å². The van der Waals surface area contributed by atoms with Crippen LogP contribution in [0.5, 0.6) is 0 Å². The van der Waals surface area contributed by atoms with Gasteiger partial charge < -0.3 is 14.3 Å². The van der Waals surface area contributed by atoms with Gasteiger partial charge in [0.15, 0.2) is 0 Å². The van der Waals surface area contributed by atoms with Gasteiger partial charge in [0.05, 0.1) is 23.6 Å². The molecule has 0 saturated carbocycles. The maximum Gasteiger partial charge on any atom is 0.266 e. The molecule has 1 atom stereocenters. The second kappa shape index (κ2) is 5.54. The summed E-state index contributed by atoms with van der Waals surface area (Å²) in [5.41, 5.74) is -0.289. The van der Waals surface area contributed by atoms with Crippen LogP contribution < -0.4 is 11.1 Å². The summed E-state index contributed by atoms with van der Waals surface area (Å²) in [7, 11) is 0. The fourth-order valence-electron chi connectivity index (χ4n) is 2.64. The maximum absolute atomic E-state index is 12.5. The van der Waals surface area contributed by atoms with Gasteiger partial charge >= 0.3 is 0 Å². The van der Waals surface area contributed by atoms with Gasteiger partial charge in [-0.15, -0.1) is 0 Å². The summed E-state index contributed by atoms with van der Waals surface area (Å²) in [6.45, 7) is 1.23. The number of ether oxygens (including phenoxy) is 1. The second-order valence-corrected chi connectivity index (χ2v) is 5.21. The van der Waals surface area contributed by atoms with Crippen molar-refractivity contribution in [3.8, 4) is 6.07 Å². The zero-order valence-corrected chi connectivity index (χ0v) is 11.5. The number of nitriles is 1. The molecule has 1 aliphatic heterocycles. The van der Waals surface area contributed by atoms with Crippen LogP contribution in [0.25, 0.3) is 10.9 Å². The standard InChI is InChI=1S/C15H15N3O3/c16-8-10-7-12-13(17-14(10)19)4-5-18(15(12)20)9-11-3-1-2-6-21-11/h4-5,7,11H,1-3,6,9H2,(H,17,19). The number of nitrogens with one attached hydrogen (secondary N) is 1. The fraction of sp³-hybridized carbons (Fsp3) is 0.400. The Morgan fingerprint density at radius 1 is 1.43 bits per heavy atom.